The van der Waals surface area contributed by atoms with Crippen molar-refractivity contribution >= 4 is 33.8 Å². The molecular weight excluding hydrogens is 426 g/mol. The second kappa shape index (κ2) is 7.07. The highest BCUT2D eigenvalue weighted by Crippen LogP contribution is 2.64. The van der Waals surface area contributed by atoms with E-state index in [0.717, 1.165) is 28.2 Å². The van der Waals surface area contributed by atoms with Gasteiger partial charge in [-0.1, -0.05) is 109 Å². The number of rotatable bonds is 3. The van der Waals surface area contributed by atoms with E-state index in [2.05, 4.69) is 74.5 Å². The van der Waals surface area contributed by atoms with E-state index in [9.17, 15) is 0 Å². The maximum absolute atomic E-state index is 7.57. The van der Waals surface area contributed by atoms with Gasteiger partial charge in [0.25, 0.3) is 0 Å². The molecule has 2 aliphatic heterocycles. The molecule has 6 rings (SSSR count). The van der Waals surface area contributed by atoms with Crippen molar-refractivity contribution in [1.29, 1.82) is 0 Å². The highest BCUT2D eigenvalue weighted by Gasteiger charge is 2.70. The van der Waals surface area contributed by atoms with Gasteiger partial charge in [0.15, 0.2) is 5.54 Å². The smallest absolute Gasteiger partial charge is 0.225 e. The molecule has 0 aromatic heterocycles. The Hall–Kier alpha value is -3.36. The highest BCUT2D eigenvalue weighted by molar-refractivity contribution is 6.30. The molecule has 0 unspecified atom stereocenters. The van der Waals surface area contributed by atoms with Crippen LogP contribution in [0.5, 0.6) is 0 Å². The quantitative estimate of drug-likeness (QED) is 0.295. The van der Waals surface area contributed by atoms with Crippen molar-refractivity contribution in [2.45, 2.75) is 24.4 Å². The van der Waals surface area contributed by atoms with Crippen molar-refractivity contribution in [2.75, 3.05) is 0 Å². The van der Waals surface area contributed by atoms with Gasteiger partial charge in [-0.2, -0.15) is 0 Å². The second-order valence-corrected chi connectivity index (χ2v) is 9.88. The Morgan fingerprint density at radius 1 is 0.697 bits per heavy atom. The molecule has 4 aromatic carbocycles. The molecule has 2 heterocycles. The highest BCUT2D eigenvalue weighted by atomic mass is 35.5. The summed E-state index contributed by atoms with van der Waals surface area (Å²) in [4.78, 5) is 5.41. The molecule has 4 aromatic rings. The average molecular weight is 450 g/mol. The van der Waals surface area contributed by atoms with Crippen LogP contribution in [0.1, 0.15) is 30.5 Å². The van der Waals surface area contributed by atoms with Gasteiger partial charge in [-0.25, -0.2) is 0 Å². The van der Waals surface area contributed by atoms with Crippen molar-refractivity contribution in [1.82, 2.24) is 0 Å². The summed E-state index contributed by atoms with van der Waals surface area (Å²) in [6.07, 6.45) is 2.11. The van der Waals surface area contributed by atoms with Gasteiger partial charge in [0.1, 0.15) is 5.76 Å². The lowest BCUT2D eigenvalue weighted by atomic mass is 9.72. The third kappa shape index (κ3) is 2.77. The predicted molar refractivity (Wildman–Crippen MR) is 136 cm³/mol. The summed E-state index contributed by atoms with van der Waals surface area (Å²) < 4.78 is 6.68. The van der Waals surface area contributed by atoms with Crippen LogP contribution in [0.2, 0.25) is 0 Å². The molecule has 162 valence electrons. The number of hydrogen-bond acceptors (Lipinski definition) is 2. The van der Waals surface area contributed by atoms with Crippen LogP contribution in [-0.4, -0.2) is 10.8 Å². The fourth-order valence-corrected chi connectivity index (χ4v) is 5.63. The van der Waals surface area contributed by atoms with Gasteiger partial charge in [-0.3, -0.25) is 4.99 Å². The second-order valence-electron chi connectivity index (χ2n) is 9.35. The van der Waals surface area contributed by atoms with E-state index in [1.54, 1.807) is 0 Å². The zero-order valence-electron chi connectivity index (χ0n) is 18.6. The van der Waals surface area contributed by atoms with Gasteiger partial charge < -0.3 is 4.74 Å². The minimum absolute atomic E-state index is 0.570. The molecule has 0 bridgehead atoms. The predicted octanol–water partition coefficient (Wildman–Crippen LogP) is 7.57. The van der Waals surface area contributed by atoms with Crippen LogP contribution in [0.3, 0.4) is 0 Å². The minimum Gasteiger partial charge on any atom is -0.467 e. The van der Waals surface area contributed by atoms with E-state index in [-0.39, 0.29) is 0 Å². The maximum atomic E-state index is 7.57. The third-order valence-corrected chi connectivity index (χ3v) is 7.90. The van der Waals surface area contributed by atoms with Gasteiger partial charge in [0.2, 0.25) is 5.06 Å². The lowest BCUT2D eigenvalue weighted by Crippen LogP contribution is -2.50. The molecule has 0 saturated heterocycles. The Bertz CT molecular complexity index is 1420. The summed E-state index contributed by atoms with van der Waals surface area (Å²) in [7, 11) is 0. The first kappa shape index (κ1) is 20.3. The maximum Gasteiger partial charge on any atom is 0.225 e. The van der Waals surface area contributed by atoms with Crippen LogP contribution in [0.25, 0.3) is 16.5 Å². The molecular formula is C30H24ClNO. The lowest BCUT2D eigenvalue weighted by Gasteiger charge is -2.41. The fourth-order valence-electron chi connectivity index (χ4n) is 5.25. The van der Waals surface area contributed by atoms with Gasteiger partial charge in [-0.05, 0) is 47.9 Å². The summed E-state index contributed by atoms with van der Waals surface area (Å²) in [5.41, 5.74) is 2.64. The molecule has 2 nitrogen and oxygen atoms in total. The Labute approximate surface area is 199 Å². The van der Waals surface area contributed by atoms with Crippen LogP contribution in [0.15, 0.2) is 114 Å². The number of fused-ring (bicyclic) bond motifs is 2. The van der Waals surface area contributed by atoms with Crippen molar-refractivity contribution in [2.24, 2.45) is 10.4 Å². The Kier molecular flexibility index (Phi) is 4.34. The van der Waals surface area contributed by atoms with Gasteiger partial charge in [-0.15, -0.1) is 0 Å². The van der Waals surface area contributed by atoms with Gasteiger partial charge >= 0.3 is 0 Å². The van der Waals surface area contributed by atoms with E-state index < -0.39 is 16.0 Å². The van der Waals surface area contributed by atoms with E-state index in [1.807, 2.05) is 48.5 Å². The van der Waals surface area contributed by atoms with Crippen LogP contribution in [-0.2, 0) is 10.3 Å². The zero-order chi connectivity index (χ0) is 22.7. The molecule has 2 atom stereocenters. The molecule has 33 heavy (non-hydrogen) atoms. The number of aliphatic imine (C=N–C) groups is 1. The largest absolute Gasteiger partial charge is 0.467 e. The number of alkyl halides is 1. The van der Waals surface area contributed by atoms with E-state index in [0.29, 0.717) is 0 Å². The third-order valence-electron chi connectivity index (χ3n) is 7.06. The number of nitrogens with zero attached hydrogens (tertiary/aromatic N) is 1. The summed E-state index contributed by atoms with van der Waals surface area (Å²) >= 11 is 7.57. The van der Waals surface area contributed by atoms with Crippen LogP contribution < -0.4 is 0 Å². The molecule has 0 amide bonds. The van der Waals surface area contributed by atoms with Crippen molar-refractivity contribution < 1.29 is 4.74 Å². The Morgan fingerprint density at radius 2 is 1.33 bits per heavy atom. The number of ether oxygens (including phenoxy) is 1. The van der Waals surface area contributed by atoms with Gasteiger partial charge in [0.05, 0.1) is 11.1 Å². The van der Waals surface area contributed by atoms with Gasteiger partial charge in [0, 0.05) is 5.56 Å². The van der Waals surface area contributed by atoms with E-state index >= 15 is 0 Å². The molecule has 2 aliphatic rings. The normalized spacial score (nSPS) is 25.3. The van der Waals surface area contributed by atoms with Crippen LogP contribution in [0, 0.1) is 5.41 Å². The molecule has 0 N–H and O–H groups in total. The summed E-state index contributed by atoms with van der Waals surface area (Å²) in [5, 5.41) is 1.29. The fraction of sp³-hybridized carbons (Fsp3) is 0.167. The van der Waals surface area contributed by atoms with Crippen molar-refractivity contribution in [3.05, 3.63) is 126 Å². The minimum atomic E-state index is -1.10. The van der Waals surface area contributed by atoms with Crippen molar-refractivity contribution in [3.8, 4) is 0 Å². The molecule has 0 spiro atoms. The van der Waals surface area contributed by atoms with Crippen LogP contribution in [0.4, 0.5) is 0 Å². The Morgan fingerprint density at radius 3 is 2.06 bits per heavy atom. The first-order valence-electron chi connectivity index (χ1n) is 11.3. The standard InChI is InChI=1S/C30H24ClNO/c1-28(2)27(24-18-17-21-11-9-10-14-23(21)19-24)32-29(25-15-7-4-8-16-25)20-26(33-30(28,29)31)22-12-5-3-6-13-22/h3-20H,1-2H3/t29-,30+/m1/s1. The van der Waals surface area contributed by atoms with E-state index in [4.69, 9.17) is 21.3 Å². The summed E-state index contributed by atoms with van der Waals surface area (Å²) in [6.45, 7) is 4.28. The summed E-state index contributed by atoms with van der Waals surface area (Å²) in [5.74, 6) is 0.767. The average Bonchev–Trinajstić information content (AvgIpc) is 3.26. The molecule has 0 fully saturated rings. The Balaban J connectivity index is 1.60. The van der Waals surface area contributed by atoms with E-state index in [1.165, 1.54) is 10.8 Å². The number of hydrogen-bond donors (Lipinski definition) is 0. The molecule has 0 saturated carbocycles. The molecule has 0 radical (unpaired) electrons. The first-order valence-corrected chi connectivity index (χ1v) is 11.6. The molecule has 0 aliphatic carbocycles. The lowest BCUT2D eigenvalue weighted by molar-refractivity contribution is 0.0329. The SMILES string of the molecule is CC1(C)C(c2ccc3ccccc3c2)=N[C@@]2(c3ccccc3)C=C(c3ccccc3)O[C@@]12Cl. The monoisotopic (exact) mass is 449 g/mol. The number of halogens is 1. The topological polar surface area (TPSA) is 21.6 Å². The van der Waals surface area contributed by atoms with Crippen LogP contribution >= 0.6 is 11.6 Å². The van der Waals surface area contributed by atoms with Crippen molar-refractivity contribution in [3.63, 3.8) is 0 Å². The summed E-state index contributed by atoms with van der Waals surface area (Å²) in [6, 6.07) is 35.3. The molecule has 3 heteroatoms. The first-order chi connectivity index (χ1) is 15.9. The number of benzene rings is 4. The zero-order valence-corrected chi connectivity index (χ0v) is 19.4.